The van der Waals surface area contributed by atoms with Crippen molar-refractivity contribution in [3.8, 4) is 5.75 Å². The molecule has 0 spiro atoms. The molecule has 0 fully saturated rings. The van der Waals surface area contributed by atoms with Crippen molar-refractivity contribution in [1.29, 1.82) is 0 Å². The summed E-state index contributed by atoms with van der Waals surface area (Å²) in [5.74, 6) is 0.963. The molecule has 0 saturated heterocycles. The van der Waals surface area contributed by atoms with E-state index in [0.29, 0.717) is 33.9 Å². The normalized spacial score (nSPS) is 12.2. The van der Waals surface area contributed by atoms with Gasteiger partial charge >= 0.3 is 0 Å². The first-order valence-electron chi connectivity index (χ1n) is 9.98. The molecule has 30 heavy (non-hydrogen) atoms. The molecule has 0 N–H and O–H groups in total. The van der Waals surface area contributed by atoms with Gasteiger partial charge in [-0.05, 0) is 56.7 Å². The molecule has 0 radical (unpaired) electrons. The van der Waals surface area contributed by atoms with Crippen LogP contribution in [0.15, 0.2) is 53.3 Å². The van der Waals surface area contributed by atoms with Crippen LogP contribution in [-0.2, 0) is 11.8 Å². The Balaban J connectivity index is 1.92. The van der Waals surface area contributed by atoms with E-state index >= 15 is 0 Å². The Labute approximate surface area is 181 Å². The second-order valence-electron chi connectivity index (χ2n) is 7.41. The summed E-state index contributed by atoms with van der Waals surface area (Å²) in [5.41, 5.74) is 0.505. The van der Waals surface area contributed by atoms with E-state index in [1.165, 1.54) is 0 Å². The molecule has 0 aliphatic carbocycles. The van der Waals surface area contributed by atoms with Gasteiger partial charge in [0.2, 0.25) is 0 Å². The number of nitrogens with zero attached hydrogens (tertiary/aromatic N) is 3. The van der Waals surface area contributed by atoms with Gasteiger partial charge in [0.1, 0.15) is 11.6 Å². The molecule has 3 aromatic rings. The zero-order valence-electron chi connectivity index (χ0n) is 17.6. The average Bonchev–Trinajstić information content (AvgIpc) is 2.74. The zero-order valence-corrected chi connectivity index (χ0v) is 18.4. The van der Waals surface area contributed by atoms with Crippen molar-refractivity contribution in [1.82, 2.24) is 14.5 Å². The van der Waals surface area contributed by atoms with Gasteiger partial charge in [0.25, 0.3) is 11.5 Å². The highest BCUT2D eigenvalue weighted by molar-refractivity contribution is 6.30. The minimum atomic E-state index is -0.353. The van der Waals surface area contributed by atoms with E-state index in [0.717, 1.165) is 0 Å². The van der Waals surface area contributed by atoms with Crippen LogP contribution in [0.1, 0.15) is 39.1 Å². The Bertz CT molecular complexity index is 1090. The molecular weight excluding hydrogens is 402 g/mol. The number of halogens is 1. The minimum absolute atomic E-state index is 0.0976. The van der Waals surface area contributed by atoms with Crippen molar-refractivity contribution < 1.29 is 9.53 Å². The Hall–Kier alpha value is -2.86. The molecular formula is C23H26ClN3O3. The lowest BCUT2D eigenvalue weighted by molar-refractivity contribution is -0.138. The van der Waals surface area contributed by atoms with Gasteiger partial charge in [0.05, 0.1) is 16.9 Å². The van der Waals surface area contributed by atoms with Crippen molar-refractivity contribution in [3.63, 3.8) is 0 Å². The van der Waals surface area contributed by atoms with Gasteiger partial charge in [-0.1, -0.05) is 30.7 Å². The number of para-hydroxylation sites is 1. The van der Waals surface area contributed by atoms with Crippen LogP contribution in [0.4, 0.5) is 0 Å². The molecule has 1 atom stereocenters. The lowest BCUT2D eigenvalue weighted by Gasteiger charge is -2.35. The fourth-order valence-electron chi connectivity index (χ4n) is 3.61. The standard InChI is InChI=1S/C23H26ClN3O3/c1-5-20(22-25-19-9-7-6-8-18(19)23(29)26(22)4)27(15(2)3)21(28)14-30-17-12-10-16(24)11-13-17/h6-13,15,20H,5,14H2,1-4H3. The molecule has 0 aliphatic rings. The third-order valence-corrected chi connectivity index (χ3v) is 5.31. The van der Waals surface area contributed by atoms with Crippen LogP contribution in [0.3, 0.4) is 0 Å². The van der Waals surface area contributed by atoms with E-state index in [-0.39, 0.29) is 30.2 Å². The second kappa shape index (κ2) is 9.30. The number of aromatic nitrogens is 2. The van der Waals surface area contributed by atoms with Gasteiger partial charge in [-0.15, -0.1) is 0 Å². The first-order valence-corrected chi connectivity index (χ1v) is 10.4. The van der Waals surface area contributed by atoms with Crippen LogP contribution >= 0.6 is 11.6 Å². The Kier molecular flexibility index (Phi) is 6.77. The summed E-state index contributed by atoms with van der Waals surface area (Å²) >= 11 is 5.90. The van der Waals surface area contributed by atoms with Crippen LogP contribution in [0.5, 0.6) is 5.75 Å². The smallest absolute Gasteiger partial charge is 0.261 e. The van der Waals surface area contributed by atoms with E-state index in [1.807, 2.05) is 39.0 Å². The first-order chi connectivity index (χ1) is 14.3. The molecule has 1 aromatic heterocycles. The molecule has 1 heterocycles. The van der Waals surface area contributed by atoms with Crippen molar-refractivity contribution in [3.05, 3.63) is 69.7 Å². The predicted octanol–water partition coefficient (Wildman–Crippen LogP) is 4.35. The molecule has 0 aliphatic heterocycles. The van der Waals surface area contributed by atoms with Gasteiger partial charge in [0, 0.05) is 18.1 Å². The van der Waals surface area contributed by atoms with Crippen LogP contribution in [0, 0.1) is 0 Å². The average molecular weight is 428 g/mol. The number of hydrogen-bond acceptors (Lipinski definition) is 4. The van der Waals surface area contributed by atoms with E-state index < -0.39 is 0 Å². The largest absolute Gasteiger partial charge is 0.484 e. The quantitative estimate of drug-likeness (QED) is 0.562. The second-order valence-corrected chi connectivity index (χ2v) is 7.85. The highest BCUT2D eigenvalue weighted by Gasteiger charge is 2.30. The Morgan fingerprint density at radius 1 is 1.17 bits per heavy atom. The third kappa shape index (κ3) is 4.49. The maximum absolute atomic E-state index is 13.1. The topological polar surface area (TPSA) is 64.4 Å². The van der Waals surface area contributed by atoms with Gasteiger partial charge in [-0.2, -0.15) is 0 Å². The number of benzene rings is 2. The van der Waals surface area contributed by atoms with Gasteiger partial charge in [0.15, 0.2) is 6.61 Å². The van der Waals surface area contributed by atoms with Gasteiger partial charge < -0.3 is 9.64 Å². The van der Waals surface area contributed by atoms with Crippen molar-refractivity contribution in [2.24, 2.45) is 7.05 Å². The van der Waals surface area contributed by atoms with E-state index in [2.05, 4.69) is 0 Å². The van der Waals surface area contributed by atoms with E-state index in [1.54, 1.807) is 46.8 Å². The van der Waals surface area contributed by atoms with Crippen molar-refractivity contribution >= 4 is 28.4 Å². The highest BCUT2D eigenvalue weighted by Crippen LogP contribution is 2.26. The molecule has 1 amide bonds. The van der Waals surface area contributed by atoms with E-state index in [4.69, 9.17) is 21.3 Å². The summed E-state index contributed by atoms with van der Waals surface area (Å²) in [5, 5.41) is 1.17. The lowest BCUT2D eigenvalue weighted by Crippen LogP contribution is -2.44. The summed E-state index contributed by atoms with van der Waals surface area (Å²) in [6.07, 6.45) is 0.615. The number of carbonyl (C=O) groups is 1. The zero-order chi connectivity index (χ0) is 21.8. The van der Waals surface area contributed by atoms with Crippen LogP contribution in [0.2, 0.25) is 5.02 Å². The molecule has 158 valence electrons. The Morgan fingerprint density at radius 2 is 1.83 bits per heavy atom. The number of amides is 1. The molecule has 0 saturated carbocycles. The number of rotatable bonds is 7. The predicted molar refractivity (Wildman–Crippen MR) is 119 cm³/mol. The van der Waals surface area contributed by atoms with Gasteiger partial charge in [-0.3, -0.25) is 14.2 Å². The van der Waals surface area contributed by atoms with Crippen molar-refractivity contribution in [2.75, 3.05) is 6.61 Å². The lowest BCUT2D eigenvalue weighted by atomic mass is 10.1. The molecule has 3 rings (SSSR count). The van der Waals surface area contributed by atoms with Crippen molar-refractivity contribution in [2.45, 2.75) is 39.3 Å². The maximum atomic E-state index is 13.1. The third-order valence-electron chi connectivity index (χ3n) is 5.06. The summed E-state index contributed by atoms with van der Waals surface area (Å²) < 4.78 is 7.21. The Morgan fingerprint density at radius 3 is 2.47 bits per heavy atom. The summed E-state index contributed by atoms with van der Waals surface area (Å²) in [7, 11) is 1.70. The fourth-order valence-corrected chi connectivity index (χ4v) is 3.73. The van der Waals surface area contributed by atoms with Gasteiger partial charge in [-0.25, -0.2) is 4.98 Å². The highest BCUT2D eigenvalue weighted by atomic mass is 35.5. The molecule has 1 unspecified atom stereocenters. The monoisotopic (exact) mass is 427 g/mol. The number of carbonyl (C=O) groups excluding carboxylic acids is 1. The summed E-state index contributed by atoms with van der Waals surface area (Å²) in [6.45, 7) is 5.76. The number of ether oxygens (including phenoxy) is 1. The van der Waals surface area contributed by atoms with E-state index in [9.17, 15) is 9.59 Å². The summed E-state index contributed by atoms with van der Waals surface area (Å²) in [4.78, 5) is 32.4. The molecule has 2 aromatic carbocycles. The van der Waals surface area contributed by atoms with Crippen LogP contribution in [-0.4, -0.2) is 33.0 Å². The maximum Gasteiger partial charge on any atom is 0.261 e. The minimum Gasteiger partial charge on any atom is -0.484 e. The number of fused-ring (bicyclic) bond motifs is 1. The SMILES string of the molecule is CCC(c1nc2ccccc2c(=O)n1C)N(C(=O)COc1ccc(Cl)cc1)C(C)C. The molecule has 7 heteroatoms. The van der Waals surface area contributed by atoms with Crippen LogP contribution < -0.4 is 10.3 Å². The molecule has 0 bridgehead atoms. The first kappa shape index (κ1) is 21.8. The molecule has 6 nitrogen and oxygen atoms in total. The fraction of sp³-hybridized carbons (Fsp3) is 0.348. The van der Waals surface area contributed by atoms with Crippen LogP contribution in [0.25, 0.3) is 10.9 Å². The summed E-state index contributed by atoms with van der Waals surface area (Å²) in [6, 6.07) is 13.7. The number of hydrogen-bond donors (Lipinski definition) is 0.